The molecule has 0 bridgehead atoms. The SMILES string of the molecule is Cc1nonc1CC(=O)N1CCn2c(C(N)=O)cnc2C1. The van der Waals surface area contributed by atoms with Crippen LogP contribution in [0.5, 0.6) is 0 Å². The van der Waals surface area contributed by atoms with Gasteiger partial charge in [0.15, 0.2) is 0 Å². The number of hydrogen-bond acceptors (Lipinski definition) is 6. The molecule has 2 aromatic rings. The number of amides is 2. The molecule has 0 fully saturated rings. The summed E-state index contributed by atoms with van der Waals surface area (Å²) in [5.41, 5.74) is 6.79. The molecule has 110 valence electrons. The van der Waals surface area contributed by atoms with Crippen LogP contribution >= 0.6 is 0 Å². The van der Waals surface area contributed by atoms with Crippen molar-refractivity contribution in [2.45, 2.75) is 26.4 Å². The van der Waals surface area contributed by atoms with Crippen molar-refractivity contribution in [3.05, 3.63) is 29.1 Å². The Balaban J connectivity index is 1.73. The summed E-state index contributed by atoms with van der Waals surface area (Å²) in [4.78, 5) is 29.3. The second-order valence-electron chi connectivity index (χ2n) is 4.86. The quantitative estimate of drug-likeness (QED) is 0.794. The van der Waals surface area contributed by atoms with Gasteiger partial charge in [0.2, 0.25) is 5.91 Å². The number of aryl methyl sites for hydroxylation is 1. The molecule has 21 heavy (non-hydrogen) atoms. The van der Waals surface area contributed by atoms with Gasteiger partial charge < -0.3 is 15.2 Å². The average Bonchev–Trinajstić information content (AvgIpc) is 3.04. The molecule has 2 aromatic heterocycles. The minimum atomic E-state index is -0.516. The van der Waals surface area contributed by atoms with Crippen LogP contribution < -0.4 is 5.73 Å². The smallest absolute Gasteiger partial charge is 0.266 e. The number of carbonyl (C=O) groups is 2. The van der Waals surface area contributed by atoms with Crippen molar-refractivity contribution in [1.29, 1.82) is 0 Å². The molecule has 0 saturated carbocycles. The van der Waals surface area contributed by atoms with Gasteiger partial charge in [0, 0.05) is 13.1 Å². The third kappa shape index (κ3) is 2.37. The van der Waals surface area contributed by atoms with Gasteiger partial charge in [0.05, 0.1) is 19.2 Å². The first-order valence-electron chi connectivity index (χ1n) is 6.46. The van der Waals surface area contributed by atoms with E-state index in [0.29, 0.717) is 42.5 Å². The Morgan fingerprint density at radius 2 is 2.19 bits per heavy atom. The van der Waals surface area contributed by atoms with Crippen LogP contribution in [0.25, 0.3) is 0 Å². The van der Waals surface area contributed by atoms with Gasteiger partial charge in [-0.1, -0.05) is 10.3 Å². The average molecular weight is 290 g/mol. The van der Waals surface area contributed by atoms with Crippen LogP contribution in [0.3, 0.4) is 0 Å². The molecule has 9 nitrogen and oxygen atoms in total. The largest absolute Gasteiger partial charge is 0.364 e. The van der Waals surface area contributed by atoms with E-state index in [9.17, 15) is 9.59 Å². The van der Waals surface area contributed by atoms with Crippen molar-refractivity contribution in [3.63, 3.8) is 0 Å². The van der Waals surface area contributed by atoms with Gasteiger partial charge in [-0.2, -0.15) is 0 Å². The molecule has 1 aliphatic heterocycles. The number of carbonyl (C=O) groups excluding carboxylic acids is 2. The van der Waals surface area contributed by atoms with E-state index in [-0.39, 0.29) is 12.3 Å². The standard InChI is InChI=1S/C12H14N6O3/c1-7-8(16-21-15-7)4-11(19)17-2-3-18-9(12(13)20)5-14-10(18)6-17/h5H,2-4,6H2,1H3,(H2,13,20). The normalized spacial score (nSPS) is 14.0. The molecule has 0 atom stereocenters. The van der Waals surface area contributed by atoms with Crippen molar-refractivity contribution in [2.24, 2.45) is 5.73 Å². The predicted octanol–water partition coefficient (Wildman–Crippen LogP) is -0.742. The number of primary amides is 1. The zero-order valence-corrected chi connectivity index (χ0v) is 11.4. The minimum absolute atomic E-state index is 0.0799. The molecule has 2 N–H and O–H groups in total. The molecule has 3 heterocycles. The zero-order chi connectivity index (χ0) is 15.0. The van der Waals surface area contributed by atoms with E-state index in [4.69, 9.17) is 5.73 Å². The maximum absolute atomic E-state index is 12.3. The molecule has 0 aliphatic carbocycles. The van der Waals surface area contributed by atoms with E-state index in [2.05, 4.69) is 19.9 Å². The Hall–Kier alpha value is -2.71. The van der Waals surface area contributed by atoms with Crippen LogP contribution in [0.2, 0.25) is 0 Å². The number of hydrogen-bond donors (Lipinski definition) is 1. The van der Waals surface area contributed by atoms with E-state index in [1.54, 1.807) is 16.4 Å². The van der Waals surface area contributed by atoms with E-state index in [1.165, 1.54) is 6.20 Å². The summed E-state index contributed by atoms with van der Waals surface area (Å²) in [6.45, 7) is 3.07. The highest BCUT2D eigenvalue weighted by Crippen LogP contribution is 2.15. The summed E-state index contributed by atoms with van der Waals surface area (Å²) in [7, 11) is 0. The third-order valence-corrected chi connectivity index (χ3v) is 3.53. The molecule has 0 spiro atoms. The first-order valence-corrected chi connectivity index (χ1v) is 6.46. The number of nitrogens with zero attached hydrogens (tertiary/aromatic N) is 5. The number of rotatable bonds is 3. The number of fused-ring (bicyclic) bond motifs is 1. The molecular weight excluding hydrogens is 276 g/mol. The zero-order valence-electron chi connectivity index (χ0n) is 11.4. The second kappa shape index (κ2) is 5.00. The highest BCUT2D eigenvalue weighted by Gasteiger charge is 2.25. The lowest BCUT2D eigenvalue weighted by molar-refractivity contribution is -0.132. The fraction of sp³-hybridized carbons (Fsp3) is 0.417. The van der Waals surface area contributed by atoms with Crippen LogP contribution in [0, 0.1) is 6.92 Å². The van der Waals surface area contributed by atoms with Gasteiger partial charge in [0.1, 0.15) is 22.9 Å². The maximum atomic E-state index is 12.3. The number of imidazole rings is 1. The monoisotopic (exact) mass is 290 g/mol. The lowest BCUT2D eigenvalue weighted by Crippen LogP contribution is -2.40. The summed E-state index contributed by atoms with van der Waals surface area (Å²) in [6, 6.07) is 0. The van der Waals surface area contributed by atoms with E-state index in [0.717, 1.165) is 0 Å². The van der Waals surface area contributed by atoms with Gasteiger partial charge in [-0.3, -0.25) is 9.59 Å². The van der Waals surface area contributed by atoms with Crippen LogP contribution in [-0.2, 0) is 24.3 Å². The van der Waals surface area contributed by atoms with Gasteiger partial charge in [0.25, 0.3) is 5.91 Å². The van der Waals surface area contributed by atoms with E-state index in [1.807, 2.05) is 0 Å². The van der Waals surface area contributed by atoms with Crippen molar-refractivity contribution >= 4 is 11.8 Å². The Morgan fingerprint density at radius 3 is 2.86 bits per heavy atom. The molecule has 0 saturated heterocycles. The molecule has 0 unspecified atom stereocenters. The second-order valence-corrected chi connectivity index (χ2v) is 4.86. The highest BCUT2D eigenvalue weighted by molar-refractivity contribution is 5.91. The van der Waals surface area contributed by atoms with Crippen LogP contribution in [0.4, 0.5) is 0 Å². The van der Waals surface area contributed by atoms with E-state index < -0.39 is 5.91 Å². The molecule has 9 heteroatoms. The Morgan fingerprint density at radius 1 is 1.38 bits per heavy atom. The van der Waals surface area contributed by atoms with Crippen LogP contribution in [0.15, 0.2) is 10.8 Å². The van der Waals surface area contributed by atoms with Gasteiger partial charge in [-0.25, -0.2) is 9.61 Å². The molecule has 1 aliphatic rings. The molecule has 3 rings (SSSR count). The highest BCUT2D eigenvalue weighted by atomic mass is 16.6. The van der Waals surface area contributed by atoms with Gasteiger partial charge in [-0.05, 0) is 6.92 Å². The molecular formula is C12H14N6O3. The summed E-state index contributed by atoms with van der Waals surface area (Å²) in [5, 5.41) is 7.36. The van der Waals surface area contributed by atoms with Gasteiger partial charge in [-0.15, -0.1) is 0 Å². The topological polar surface area (TPSA) is 120 Å². The van der Waals surface area contributed by atoms with Crippen molar-refractivity contribution < 1.29 is 14.2 Å². The summed E-state index contributed by atoms with van der Waals surface area (Å²) in [6.07, 6.45) is 1.58. The molecule has 0 aromatic carbocycles. The lowest BCUT2D eigenvalue weighted by atomic mass is 10.2. The fourth-order valence-electron chi connectivity index (χ4n) is 2.33. The third-order valence-electron chi connectivity index (χ3n) is 3.53. The number of aromatic nitrogens is 4. The molecule has 2 amide bonds. The summed E-state index contributed by atoms with van der Waals surface area (Å²) >= 11 is 0. The van der Waals surface area contributed by atoms with Crippen molar-refractivity contribution in [1.82, 2.24) is 24.8 Å². The Bertz CT molecular complexity index is 704. The van der Waals surface area contributed by atoms with Crippen molar-refractivity contribution in [3.8, 4) is 0 Å². The fourth-order valence-corrected chi connectivity index (χ4v) is 2.33. The van der Waals surface area contributed by atoms with E-state index >= 15 is 0 Å². The first-order chi connectivity index (χ1) is 10.1. The predicted molar refractivity (Wildman–Crippen MR) is 68.9 cm³/mol. The summed E-state index contributed by atoms with van der Waals surface area (Å²) < 4.78 is 6.33. The van der Waals surface area contributed by atoms with Crippen LogP contribution in [0.1, 0.15) is 27.7 Å². The summed E-state index contributed by atoms with van der Waals surface area (Å²) in [5.74, 6) is 0.0555. The minimum Gasteiger partial charge on any atom is -0.364 e. The number of nitrogens with two attached hydrogens (primary N) is 1. The van der Waals surface area contributed by atoms with Crippen molar-refractivity contribution in [2.75, 3.05) is 6.54 Å². The van der Waals surface area contributed by atoms with Crippen LogP contribution in [-0.4, -0.2) is 43.1 Å². The Labute approximate surface area is 119 Å². The lowest BCUT2D eigenvalue weighted by Gasteiger charge is -2.28. The van der Waals surface area contributed by atoms with Gasteiger partial charge >= 0.3 is 0 Å². The first kappa shape index (κ1) is 13.3. The maximum Gasteiger partial charge on any atom is 0.266 e. The molecule has 0 radical (unpaired) electrons. The Kier molecular flexibility index (Phi) is 3.16.